The van der Waals surface area contributed by atoms with Gasteiger partial charge in [0.15, 0.2) is 0 Å². The molecule has 244 valence electrons. The van der Waals surface area contributed by atoms with Crippen molar-refractivity contribution in [2.24, 2.45) is 0 Å². The van der Waals surface area contributed by atoms with E-state index in [9.17, 15) is 28.0 Å². The van der Waals surface area contributed by atoms with E-state index >= 15 is 0 Å². The Morgan fingerprint density at radius 2 is 1.05 bits per heavy atom. The van der Waals surface area contributed by atoms with Crippen LogP contribution in [0.25, 0.3) is 0 Å². The first-order valence-corrected chi connectivity index (χ1v) is 18.6. The average Bonchev–Trinajstić information content (AvgIpc) is 2.92. The average molecular weight is 604 g/mol. The van der Waals surface area contributed by atoms with Gasteiger partial charge in [-0.3, -0.25) is 9.35 Å². The largest absolute Gasteiger partial charge is 0.387 e. The van der Waals surface area contributed by atoms with Gasteiger partial charge in [-0.25, -0.2) is 0 Å². The number of hydrogen-bond donors (Lipinski definition) is 4. The lowest BCUT2D eigenvalue weighted by Crippen LogP contribution is -2.50. The first-order valence-electron chi connectivity index (χ1n) is 17.0. The van der Waals surface area contributed by atoms with Crippen molar-refractivity contribution in [1.29, 1.82) is 0 Å². The molecule has 0 aliphatic heterocycles. The summed E-state index contributed by atoms with van der Waals surface area (Å²) in [6.45, 7) is 4.44. The Morgan fingerprint density at radius 3 is 1.46 bits per heavy atom. The molecule has 3 atom stereocenters. The molecule has 7 nitrogen and oxygen atoms in total. The molecule has 0 spiro atoms. The number of aliphatic hydroxyl groups is 2. The number of hydrogen-bond acceptors (Lipinski definition) is 5. The van der Waals surface area contributed by atoms with Crippen LogP contribution < -0.4 is 5.32 Å². The third-order valence-electron chi connectivity index (χ3n) is 7.82. The minimum Gasteiger partial charge on any atom is -0.387 e. The molecule has 41 heavy (non-hydrogen) atoms. The van der Waals surface area contributed by atoms with Crippen LogP contribution in [-0.2, 0) is 14.9 Å². The second kappa shape index (κ2) is 27.8. The lowest BCUT2D eigenvalue weighted by atomic mass is 10.0. The van der Waals surface area contributed by atoms with Crippen molar-refractivity contribution in [1.82, 2.24) is 5.32 Å². The molecular weight excluding hydrogens is 538 g/mol. The number of allylic oxidation sites excluding steroid dienone is 1. The molecule has 0 heterocycles. The third-order valence-corrected chi connectivity index (χ3v) is 8.60. The van der Waals surface area contributed by atoms with Crippen LogP contribution >= 0.6 is 0 Å². The van der Waals surface area contributed by atoms with Crippen molar-refractivity contribution in [3.63, 3.8) is 0 Å². The van der Waals surface area contributed by atoms with Gasteiger partial charge in [0.1, 0.15) is 6.10 Å². The molecule has 0 bridgehead atoms. The number of nitrogens with one attached hydrogen (secondary N) is 1. The molecule has 4 N–H and O–H groups in total. The minimum atomic E-state index is -4.42. The minimum absolute atomic E-state index is 0.282. The fourth-order valence-corrected chi connectivity index (χ4v) is 5.89. The summed E-state index contributed by atoms with van der Waals surface area (Å²) in [4.78, 5) is 12.4. The van der Waals surface area contributed by atoms with Gasteiger partial charge in [-0.15, -0.1) is 0 Å². The van der Waals surface area contributed by atoms with Gasteiger partial charge < -0.3 is 15.5 Å². The van der Waals surface area contributed by atoms with Crippen molar-refractivity contribution in [3.8, 4) is 0 Å². The molecule has 0 radical (unpaired) electrons. The molecule has 0 aliphatic rings. The van der Waals surface area contributed by atoms with Gasteiger partial charge in [0.25, 0.3) is 10.1 Å². The SMILES string of the molecule is CCCCCCCCCCCCCCCC/C=C/C(O)C(CS(=O)(=O)O)NC(=O)C(O)CCCCCCCCCC. The summed E-state index contributed by atoms with van der Waals surface area (Å²) in [5.41, 5.74) is 0. The van der Waals surface area contributed by atoms with Gasteiger partial charge in [-0.05, 0) is 19.3 Å². The maximum Gasteiger partial charge on any atom is 0.267 e. The fourth-order valence-electron chi connectivity index (χ4n) is 5.16. The van der Waals surface area contributed by atoms with E-state index in [4.69, 9.17) is 0 Å². The Morgan fingerprint density at radius 1 is 0.659 bits per heavy atom. The first kappa shape index (κ1) is 40.0. The fraction of sp³-hybridized carbons (Fsp3) is 0.909. The molecule has 0 saturated heterocycles. The van der Waals surface area contributed by atoms with Gasteiger partial charge in [-0.1, -0.05) is 161 Å². The molecule has 3 unspecified atom stereocenters. The van der Waals surface area contributed by atoms with Crippen LogP contribution in [0.3, 0.4) is 0 Å². The Bertz CT molecular complexity index is 727. The van der Waals surface area contributed by atoms with Crippen molar-refractivity contribution in [2.45, 2.75) is 186 Å². The zero-order valence-electron chi connectivity index (χ0n) is 26.5. The normalized spacial score (nSPS) is 14.4. The Kier molecular flexibility index (Phi) is 27.2. The molecule has 0 aromatic rings. The summed E-state index contributed by atoms with van der Waals surface area (Å²) in [7, 11) is -4.42. The third kappa shape index (κ3) is 27.6. The quantitative estimate of drug-likeness (QED) is 0.0374. The molecule has 0 aromatic carbocycles. The smallest absolute Gasteiger partial charge is 0.267 e. The Hall–Kier alpha value is -0.960. The van der Waals surface area contributed by atoms with Gasteiger partial charge in [-0.2, -0.15) is 8.42 Å². The van der Waals surface area contributed by atoms with Crippen LogP contribution in [0.15, 0.2) is 12.2 Å². The summed E-state index contributed by atoms with van der Waals surface area (Å²) in [5, 5.41) is 23.1. The Labute approximate surface area is 253 Å². The van der Waals surface area contributed by atoms with Crippen LogP contribution in [0.4, 0.5) is 0 Å². The van der Waals surface area contributed by atoms with Crippen LogP contribution in [-0.4, -0.2) is 53.1 Å². The van der Waals surface area contributed by atoms with E-state index in [0.717, 1.165) is 38.5 Å². The van der Waals surface area contributed by atoms with Gasteiger partial charge in [0.05, 0.1) is 17.9 Å². The molecule has 0 saturated carbocycles. The lowest BCUT2D eigenvalue weighted by molar-refractivity contribution is -0.130. The topological polar surface area (TPSA) is 124 Å². The van der Waals surface area contributed by atoms with E-state index in [2.05, 4.69) is 19.2 Å². The molecule has 8 heteroatoms. The number of unbranched alkanes of at least 4 members (excludes halogenated alkanes) is 21. The maximum absolute atomic E-state index is 12.4. The molecule has 0 aromatic heterocycles. The predicted molar refractivity (Wildman–Crippen MR) is 172 cm³/mol. The standard InChI is InChI=1S/C33H65NO6S/c1-3-5-7-9-11-13-14-15-16-17-18-19-20-22-23-25-27-31(35)30(29-41(38,39)40)34-33(37)32(36)28-26-24-21-12-10-8-6-4-2/h25,27,30-32,35-36H,3-24,26,28-29H2,1-2H3,(H,34,37)(H,38,39,40)/b27-25+. The monoisotopic (exact) mass is 603 g/mol. The summed E-state index contributed by atoms with van der Waals surface area (Å²) < 4.78 is 32.2. The van der Waals surface area contributed by atoms with Crippen molar-refractivity contribution in [2.75, 3.05) is 5.75 Å². The van der Waals surface area contributed by atoms with Gasteiger partial charge in [0.2, 0.25) is 5.91 Å². The van der Waals surface area contributed by atoms with Gasteiger partial charge >= 0.3 is 0 Å². The van der Waals surface area contributed by atoms with Crippen LogP contribution in [0, 0.1) is 0 Å². The van der Waals surface area contributed by atoms with Crippen molar-refractivity contribution in [3.05, 3.63) is 12.2 Å². The highest BCUT2D eigenvalue weighted by Crippen LogP contribution is 2.14. The Balaban J connectivity index is 4.13. The van der Waals surface area contributed by atoms with Crippen molar-refractivity contribution < 1.29 is 28.0 Å². The van der Waals surface area contributed by atoms with Crippen molar-refractivity contribution >= 4 is 16.0 Å². The number of aliphatic hydroxyl groups excluding tert-OH is 2. The highest BCUT2D eigenvalue weighted by Gasteiger charge is 2.27. The second-order valence-corrected chi connectivity index (χ2v) is 13.4. The van der Waals surface area contributed by atoms with E-state index in [0.29, 0.717) is 6.42 Å². The zero-order valence-corrected chi connectivity index (χ0v) is 27.4. The summed E-state index contributed by atoms with van der Waals surface area (Å²) in [6.07, 6.45) is 28.5. The van der Waals surface area contributed by atoms with Crippen LogP contribution in [0.5, 0.6) is 0 Å². The first-order chi connectivity index (χ1) is 19.7. The summed E-state index contributed by atoms with van der Waals surface area (Å²) in [6, 6.07) is -1.22. The van der Waals surface area contributed by atoms with E-state index in [1.807, 2.05) is 0 Å². The lowest BCUT2D eigenvalue weighted by Gasteiger charge is -2.22. The second-order valence-electron chi connectivity index (χ2n) is 11.9. The molecule has 0 rings (SSSR count). The molecule has 0 aliphatic carbocycles. The van der Waals surface area contributed by atoms with E-state index in [1.165, 1.54) is 109 Å². The van der Waals surface area contributed by atoms with Crippen LogP contribution in [0.2, 0.25) is 0 Å². The molecule has 0 fully saturated rings. The summed E-state index contributed by atoms with van der Waals surface area (Å²) in [5.74, 6) is -1.53. The molecular formula is C33H65NO6S. The highest BCUT2D eigenvalue weighted by atomic mass is 32.2. The van der Waals surface area contributed by atoms with E-state index < -0.39 is 40.0 Å². The number of amides is 1. The van der Waals surface area contributed by atoms with Gasteiger partial charge in [0, 0.05) is 0 Å². The van der Waals surface area contributed by atoms with E-state index in [1.54, 1.807) is 6.08 Å². The summed E-state index contributed by atoms with van der Waals surface area (Å²) >= 11 is 0. The molecule has 1 amide bonds. The van der Waals surface area contributed by atoms with E-state index in [-0.39, 0.29) is 6.42 Å². The highest BCUT2D eigenvalue weighted by molar-refractivity contribution is 7.85. The number of carbonyl (C=O) groups excluding carboxylic acids is 1. The van der Waals surface area contributed by atoms with Crippen LogP contribution in [0.1, 0.15) is 168 Å². The number of carbonyl (C=O) groups is 1. The number of rotatable bonds is 30. The predicted octanol–water partition coefficient (Wildman–Crippen LogP) is 8.04. The maximum atomic E-state index is 12.4. The zero-order chi connectivity index (χ0) is 30.6.